The first-order chi connectivity index (χ1) is 13.1. The Hall–Kier alpha value is -3.17. The van der Waals surface area contributed by atoms with Crippen molar-refractivity contribution in [3.05, 3.63) is 60.3 Å². The van der Waals surface area contributed by atoms with E-state index in [0.29, 0.717) is 17.0 Å². The molecule has 138 valence electrons. The molecule has 0 spiro atoms. The Balaban J connectivity index is 1.54. The maximum atomic E-state index is 12.6. The average Bonchev–Trinajstić information content (AvgIpc) is 3.34. The van der Waals surface area contributed by atoms with E-state index in [1.165, 1.54) is 6.07 Å². The minimum atomic E-state index is -3.68. The number of hydrogen-bond donors (Lipinski definition) is 3. The van der Waals surface area contributed by atoms with Gasteiger partial charge >= 0.3 is 0 Å². The van der Waals surface area contributed by atoms with E-state index in [2.05, 4.69) is 24.9 Å². The minimum Gasteiger partial charge on any atom is -0.497 e. The molecule has 4 aromatic rings. The van der Waals surface area contributed by atoms with Crippen LogP contribution in [0.5, 0.6) is 5.75 Å². The van der Waals surface area contributed by atoms with Crippen LogP contribution in [0.4, 0.5) is 0 Å². The molecule has 3 aromatic heterocycles. The highest BCUT2D eigenvalue weighted by atomic mass is 32.2. The summed E-state index contributed by atoms with van der Waals surface area (Å²) in [6, 6.07) is 14.1. The molecule has 0 aliphatic carbocycles. The third-order valence-electron chi connectivity index (χ3n) is 4.17. The lowest BCUT2D eigenvalue weighted by atomic mass is 10.2. The number of hydrogen-bond acceptors (Lipinski definition) is 5. The Morgan fingerprint density at radius 1 is 1.11 bits per heavy atom. The molecule has 27 heavy (non-hydrogen) atoms. The van der Waals surface area contributed by atoms with E-state index in [1.807, 2.05) is 18.2 Å². The van der Waals surface area contributed by atoms with E-state index in [9.17, 15) is 8.42 Å². The van der Waals surface area contributed by atoms with Gasteiger partial charge in [-0.3, -0.25) is 5.10 Å². The van der Waals surface area contributed by atoms with Gasteiger partial charge in [-0.2, -0.15) is 5.10 Å². The lowest BCUT2D eigenvalue weighted by molar-refractivity contribution is 0.414. The van der Waals surface area contributed by atoms with Crippen LogP contribution in [0, 0.1) is 0 Å². The predicted octanol–water partition coefficient (Wildman–Crippen LogP) is 2.44. The summed E-state index contributed by atoms with van der Waals surface area (Å²) in [4.78, 5) is 7.10. The second-order valence-electron chi connectivity index (χ2n) is 5.88. The summed E-state index contributed by atoms with van der Waals surface area (Å²) >= 11 is 0. The van der Waals surface area contributed by atoms with Crippen molar-refractivity contribution in [2.75, 3.05) is 7.11 Å². The molecular weight excluding hydrogens is 366 g/mol. The fraction of sp³-hybridized carbons (Fsp3) is 0.111. The molecule has 0 saturated carbocycles. The van der Waals surface area contributed by atoms with Crippen LogP contribution < -0.4 is 9.46 Å². The number of H-pyrrole nitrogens is 2. The Kier molecular flexibility index (Phi) is 4.38. The molecule has 0 aliphatic heterocycles. The molecule has 4 rings (SSSR count). The van der Waals surface area contributed by atoms with Gasteiger partial charge in [-0.15, -0.1) is 0 Å². The number of nitrogens with one attached hydrogen (secondary N) is 3. The van der Waals surface area contributed by atoms with Crippen molar-refractivity contribution in [2.24, 2.45) is 0 Å². The number of aromatic amines is 2. The number of rotatable bonds is 6. The van der Waals surface area contributed by atoms with E-state index >= 15 is 0 Å². The largest absolute Gasteiger partial charge is 0.497 e. The maximum Gasteiger partial charge on any atom is 0.256 e. The summed E-state index contributed by atoms with van der Waals surface area (Å²) in [7, 11) is -2.10. The molecule has 0 aliphatic rings. The quantitative estimate of drug-likeness (QED) is 0.473. The Morgan fingerprint density at radius 3 is 2.70 bits per heavy atom. The SMILES string of the molecule is COc1ccc(CNS(=O)(=O)c2ccc(-c3[nH]nc4ncccc34)[nH]2)cc1. The van der Waals surface area contributed by atoms with Gasteiger partial charge in [0.25, 0.3) is 10.0 Å². The summed E-state index contributed by atoms with van der Waals surface area (Å²) in [6.45, 7) is 0.178. The van der Waals surface area contributed by atoms with Gasteiger partial charge < -0.3 is 9.72 Å². The van der Waals surface area contributed by atoms with Crippen molar-refractivity contribution in [1.82, 2.24) is 24.9 Å². The molecule has 0 radical (unpaired) electrons. The zero-order valence-electron chi connectivity index (χ0n) is 14.4. The van der Waals surface area contributed by atoms with Gasteiger partial charge in [0.15, 0.2) is 5.65 Å². The van der Waals surface area contributed by atoms with E-state index < -0.39 is 10.0 Å². The smallest absolute Gasteiger partial charge is 0.256 e. The Morgan fingerprint density at radius 2 is 1.93 bits per heavy atom. The van der Waals surface area contributed by atoms with Crippen molar-refractivity contribution in [3.63, 3.8) is 0 Å². The summed E-state index contributed by atoms with van der Waals surface area (Å²) in [6.07, 6.45) is 1.65. The molecular formula is C18H17N5O3S. The molecule has 1 aromatic carbocycles. The fourth-order valence-corrected chi connectivity index (χ4v) is 3.74. The highest BCUT2D eigenvalue weighted by Crippen LogP contribution is 2.25. The molecule has 0 amide bonds. The first-order valence-corrected chi connectivity index (χ1v) is 9.66. The van der Waals surface area contributed by atoms with Gasteiger partial charge in [0.2, 0.25) is 0 Å². The Bertz CT molecular complexity index is 1180. The number of aromatic nitrogens is 4. The zero-order valence-corrected chi connectivity index (χ0v) is 15.2. The van der Waals surface area contributed by atoms with Crippen LogP contribution in [0.2, 0.25) is 0 Å². The number of methoxy groups -OCH3 is 1. The monoisotopic (exact) mass is 383 g/mol. The second-order valence-corrected chi connectivity index (χ2v) is 7.62. The van der Waals surface area contributed by atoms with Crippen LogP contribution in [-0.2, 0) is 16.6 Å². The van der Waals surface area contributed by atoms with E-state index in [4.69, 9.17) is 4.74 Å². The van der Waals surface area contributed by atoms with Crippen molar-refractivity contribution < 1.29 is 13.2 Å². The summed E-state index contributed by atoms with van der Waals surface area (Å²) in [5.41, 5.74) is 2.71. The second kappa shape index (κ2) is 6.86. The maximum absolute atomic E-state index is 12.6. The molecule has 8 nitrogen and oxygen atoms in total. The first-order valence-electron chi connectivity index (χ1n) is 8.18. The van der Waals surface area contributed by atoms with Crippen molar-refractivity contribution in [2.45, 2.75) is 11.6 Å². The van der Waals surface area contributed by atoms with Crippen LogP contribution in [-0.4, -0.2) is 35.7 Å². The van der Waals surface area contributed by atoms with Gasteiger partial charge in [-0.25, -0.2) is 18.1 Å². The summed E-state index contributed by atoms with van der Waals surface area (Å²) < 4.78 is 32.8. The molecule has 3 N–H and O–H groups in total. The van der Waals surface area contributed by atoms with Gasteiger partial charge in [-0.05, 0) is 42.0 Å². The van der Waals surface area contributed by atoms with Crippen molar-refractivity contribution in [1.29, 1.82) is 0 Å². The lowest BCUT2D eigenvalue weighted by Crippen LogP contribution is -2.23. The van der Waals surface area contributed by atoms with Crippen LogP contribution in [0.25, 0.3) is 22.4 Å². The molecule has 0 unspecified atom stereocenters. The summed E-state index contributed by atoms with van der Waals surface area (Å²) in [5, 5.41) is 7.91. The van der Waals surface area contributed by atoms with Gasteiger partial charge in [0.05, 0.1) is 18.5 Å². The van der Waals surface area contributed by atoms with Gasteiger partial charge in [-0.1, -0.05) is 12.1 Å². The fourth-order valence-electron chi connectivity index (χ4n) is 2.73. The standard InChI is InChI=1S/C18H17N5O3S/c1-26-13-6-4-12(5-7-13)11-20-27(24,25)16-9-8-15(21-16)17-14-3-2-10-19-18(14)23-22-17/h2-10,20-21H,11H2,1H3,(H,19,22,23). The van der Waals surface area contributed by atoms with Gasteiger partial charge in [0.1, 0.15) is 10.8 Å². The minimum absolute atomic E-state index is 0.0812. The molecule has 9 heteroatoms. The normalized spacial score (nSPS) is 11.7. The lowest BCUT2D eigenvalue weighted by Gasteiger charge is -2.06. The summed E-state index contributed by atoms with van der Waals surface area (Å²) in [5.74, 6) is 0.719. The number of fused-ring (bicyclic) bond motifs is 1. The van der Waals surface area contributed by atoms with Crippen molar-refractivity contribution in [3.8, 4) is 17.1 Å². The third-order valence-corrected chi connectivity index (χ3v) is 5.51. The van der Waals surface area contributed by atoms with Crippen LogP contribution in [0.1, 0.15) is 5.56 Å². The predicted molar refractivity (Wildman–Crippen MR) is 101 cm³/mol. The molecule has 0 bridgehead atoms. The van der Waals surface area contributed by atoms with Crippen molar-refractivity contribution >= 4 is 21.1 Å². The third kappa shape index (κ3) is 3.42. The van der Waals surface area contributed by atoms with Crippen LogP contribution in [0.3, 0.4) is 0 Å². The highest BCUT2D eigenvalue weighted by Gasteiger charge is 2.18. The Labute approximate surface area is 155 Å². The number of nitrogens with zero attached hydrogens (tertiary/aromatic N) is 2. The average molecular weight is 383 g/mol. The molecule has 0 saturated heterocycles. The number of benzene rings is 1. The molecule has 3 heterocycles. The van der Waals surface area contributed by atoms with Crippen LogP contribution in [0.15, 0.2) is 59.8 Å². The zero-order chi connectivity index (χ0) is 18.9. The van der Waals surface area contributed by atoms with E-state index in [-0.39, 0.29) is 11.6 Å². The number of ether oxygens (including phenoxy) is 1. The molecule has 0 fully saturated rings. The molecule has 0 atom stereocenters. The number of pyridine rings is 1. The van der Waals surface area contributed by atoms with E-state index in [0.717, 1.165) is 16.7 Å². The van der Waals surface area contributed by atoms with Crippen LogP contribution >= 0.6 is 0 Å². The first kappa shape index (κ1) is 17.3. The van der Waals surface area contributed by atoms with Gasteiger partial charge in [0, 0.05) is 18.1 Å². The topological polar surface area (TPSA) is 113 Å². The highest BCUT2D eigenvalue weighted by molar-refractivity contribution is 7.89. The number of sulfonamides is 1. The van der Waals surface area contributed by atoms with E-state index in [1.54, 1.807) is 37.6 Å².